The predicted octanol–water partition coefficient (Wildman–Crippen LogP) is 2.76. The van der Waals surface area contributed by atoms with Gasteiger partial charge in [0.25, 0.3) is 5.91 Å². The number of hydrogen-bond donors (Lipinski definition) is 1. The summed E-state index contributed by atoms with van der Waals surface area (Å²) >= 11 is 1.28. The molecular formula is C23H25N5O5S. The Morgan fingerprint density at radius 3 is 2.62 bits per heavy atom. The van der Waals surface area contributed by atoms with E-state index in [0.717, 1.165) is 5.82 Å². The molecule has 1 aliphatic heterocycles. The number of piperazine rings is 1. The van der Waals surface area contributed by atoms with E-state index in [1.54, 1.807) is 42.3 Å². The van der Waals surface area contributed by atoms with Crippen molar-refractivity contribution in [2.24, 2.45) is 0 Å². The van der Waals surface area contributed by atoms with Crippen LogP contribution in [-0.2, 0) is 16.0 Å². The van der Waals surface area contributed by atoms with Crippen LogP contribution < -0.4 is 10.2 Å². The summed E-state index contributed by atoms with van der Waals surface area (Å²) in [6.07, 6.45) is 3.14. The molecule has 4 heterocycles. The third kappa shape index (κ3) is 5.42. The summed E-state index contributed by atoms with van der Waals surface area (Å²) in [6.45, 7) is 6.20. The molecule has 4 rings (SSSR count). The van der Waals surface area contributed by atoms with Crippen molar-refractivity contribution in [2.45, 2.75) is 20.3 Å². The van der Waals surface area contributed by atoms with Crippen LogP contribution >= 0.6 is 11.3 Å². The first kappa shape index (κ1) is 23.4. The van der Waals surface area contributed by atoms with Gasteiger partial charge in [0.15, 0.2) is 5.13 Å². The zero-order chi connectivity index (χ0) is 24.1. The second-order valence-electron chi connectivity index (χ2n) is 7.66. The fourth-order valence-corrected chi connectivity index (χ4v) is 4.30. The summed E-state index contributed by atoms with van der Waals surface area (Å²) in [7, 11) is 0. The topological polar surface area (TPSA) is 118 Å². The fourth-order valence-electron chi connectivity index (χ4n) is 3.59. The standard InChI is InChI=1S/C23H25N5O5S/c1-3-32-22(31)16-4-5-19(24-13-16)27-7-9-28(10-8-27)20(29)12-17-14-34-23(25-17)26-21(30)18-6-11-33-15(18)2/h4-6,11,13-14H,3,7-10,12H2,1-2H3,(H,25,26,30). The normalized spacial score (nSPS) is 13.6. The lowest BCUT2D eigenvalue weighted by molar-refractivity contribution is -0.130. The molecule has 34 heavy (non-hydrogen) atoms. The molecule has 11 heteroatoms. The molecule has 1 fully saturated rings. The first-order valence-corrected chi connectivity index (χ1v) is 11.8. The molecule has 178 valence electrons. The molecule has 0 aliphatic carbocycles. The third-order valence-corrected chi connectivity index (χ3v) is 6.23. The number of esters is 1. The van der Waals surface area contributed by atoms with Gasteiger partial charge in [-0.1, -0.05) is 0 Å². The van der Waals surface area contributed by atoms with E-state index in [0.29, 0.717) is 60.5 Å². The predicted molar refractivity (Wildman–Crippen MR) is 126 cm³/mol. The minimum atomic E-state index is -0.390. The number of rotatable bonds is 7. The number of nitrogens with zero attached hydrogens (tertiary/aromatic N) is 4. The Labute approximate surface area is 200 Å². The molecule has 0 atom stereocenters. The van der Waals surface area contributed by atoms with Gasteiger partial charge in [-0.05, 0) is 32.0 Å². The van der Waals surface area contributed by atoms with Crippen LogP contribution in [0.25, 0.3) is 0 Å². The van der Waals surface area contributed by atoms with E-state index in [1.165, 1.54) is 23.8 Å². The highest BCUT2D eigenvalue weighted by Crippen LogP contribution is 2.20. The largest absolute Gasteiger partial charge is 0.469 e. The van der Waals surface area contributed by atoms with Gasteiger partial charge < -0.3 is 19.0 Å². The first-order chi connectivity index (χ1) is 16.4. The highest BCUT2D eigenvalue weighted by molar-refractivity contribution is 7.14. The SMILES string of the molecule is CCOC(=O)c1ccc(N2CCN(C(=O)Cc3csc(NC(=O)c4ccoc4C)n3)CC2)nc1. The second kappa shape index (κ2) is 10.5. The van der Waals surface area contributed by atoms with E-state index in [9.17, 15) is 14.4 Å². The molecule has 0 saturated carbocycles. The number of nitrogens with one attached hydrogen (secondary N) is 1. The summed E-state index contributed by atoms with van der Waals surface area (Å²) in [6, 6.07) is 5.09. The second-order valence-corrected chi connectivity index (χ2v) is 8.52. The van der Waals surface area contributed by atoms with Crippen molar-refractivity contribution in [1.29, 1.82) is 0 Å². The number of carbonyl (C=O) groups excluding carboxylic acids is 3. The minimum Gasteiger partial charge on any atom is -0.469 e. The molecule has 0 bridgehead atoms. The van der Waals surface area contributed by atoms with Gasteiger partial charge in [-0.3, -0.25) is 14.9 Å². The Morgan fingerprint density at radius 1 is 1.18 bits per heavy atom. The molecule has 10 nitrogen and oxygen atoms in total. The minimum absolute atomic E-state index is 0.0147. The average Bonchev–Trinajstić information content (AvgIpc) is 3.48. The fraction of sp³-hybridized carbons (Fsp3) is 0.348. The number of pyridine rings is 1. The molecule has 0 unspecified atom stereocenters. The van der Waals surface area contributed by atoms with Crippen LogP contribution in [0.2, 0.25) is 0 Å². The maximum absolute atomic E-state index is 12.8. The lowest BCUT2D eigenvalue weighted by Crippen LogP contribution is -2.49. The van der Waals surface area contributed by atoms with Crippen LogP contribution in [0, 0.1) is 6.92 Å². The average molecular weight is 484 g/mol. The van der Waals surface area contributed by atoms with E-state index in [2.05, 4.69) is 20.2 Å². The van der Waals surface area contributed by atoms with Gasteiger partial charge in [0.2, 0.25) is 5.91 Å². The van der Waals surface area contributed by atoms with Crippen LogP contribution in [0.4, 0.5) is 10.9 Å². The quantitative estimate of drug-likeness (QED) is 0.510. The van der Waals surface area contributed by atoms with E-state index in [-0.39, 0.29) is 18.2 Å². The van der Waals surface area contributed by atoms with Crippen molar-refractivity contribution in [3.63, 3.8) is 0 Å². The number of carbonyl (C=O) groups is 3. The van der Waals surface area contributed by atoms with E-state index in [1.807, 2.05) is 0 Å². The van der Waals surface area contributed by atoms with Gasteiger partial charge in [0.1, 0.15) is 11.6 Å². The highest BCUT2D eigenvalue weighted by atomic mass is 32.1. The first-order valence-electron chi connectivity index (χ1n) is 10.9. The summed E-state index contributed by atoms with van der Waals surface area (Å²) < 4.78 is 10.1. The molecule has 1 N–H and O–H groups in total. The van der Waals surface area contributed by atoms with E-state index < -0.39 is 5.97 Å². The Morgan fingerprint density at radius 2 is 1.97 bits per heavy atom. The number of amides is 2. The number of aromatic nitrogens is 2. The number of thiazole rings is 1. The van der Waals surface area contributed by atoms with Crippen molar-refractivity contribution in [3.8, 4) is 0 Å². The summed E-state index contributed by atoms with van der Waals surface area (Å²) in [5.41, 5.74) is 1.49. The summed E-state index contributed by atoms with van der Waals surface area (Å²) in [5.74, 6) is 0.595. The summed E-state index contributed by atoms with van der Waals surface area (Å²) in [4.78, 5) is 49.4. The van der Waals surface area contributed by atoms with Crippen LogP contribution in [0.15, 0.2) is 40.5 Å². The Bertz CT molecular complexity index is 1160. The highest BCUT2D eigenvalue weighted by Gasteiger charge is 2.23. The molecule has 0 radical (unpaired) electrons. The van der Waals surface area contributed by atoms with Gasteiger partial charge in [-0.25, -0.2) is 14.8 Å². The molecule has 1 saturated heterocycles. The Balaban J connectivity index is 1.27. The molecule has 1 aliphatic rings. The van der Waals surface area contributed by atoms with Gasteiger partial charge in [-0.15, -0.1) is 11.3 Å². The van der Waals surface area contributed by atoms with Crippen molar-refractivity contribution >= 4 is 40.1 Å². The Hall–Kier alpha value is -3.73. The van der Waals surface area contributed by atoms with Crippen LogP contribution in [0.1, 0.15) is 39.1 Å². The van der Waals surface area contributed by atoms with Gasteiger partial charge in [0.05, 0.1) is 36.1 Å². The van der Waals surface area contributed by atoms with E-state index in [4.69, 9.17) is 9.15 Å². The number of anilines is 2. The van der Waals surface area contributed by atoms with Crippen molar-refractivity contribution in [1.82, 2.24) is 14.9 Å². The number of ether oxygens (including phenoxy) is 1. The van der Waals surface area contributed by atoms with Crippen molar-refractivity contribution < 1.29 is 23.5 Å². The number of aryl methyl sites for hydroxylation is 1. The maximum atomic E-state index is 12.8. The van der Waals surface area contributed by atoms with Crippen LogP contribution in [0.3, 0.4) is 0 Å². The van der Waals surface area contributed by atoms with Crippen molar-refractivity contribution in [2.75, 3.05) is 43.0 Å². The molecule has 3 aromatic heterocycles. The lowest BCUT2D eigenvalue weighted by atomic mass is 10.2. The Kier molecular flexibility index (Phi) is 7.21. The van der Waals surface area contributed by atoms with Gasteiger partial charge >= 0.3 is 5.97 Å². The molecule has 3 aromatic rings. The molecule has 0 spiro atoms. The maximum Gasteiger partial charge on any atom is 0.339 e. The molecule has 0 aromatic carbocycles. The number of furan rings is 1. The zero-order valence-corrected chi connectivity index (χ0v) is 19.8. The third-order valence-electron chi connectivity index (χ3n) is 5.42. The van der Waals surface area contributed by atoms with Gasteiger partial charge in [0, 0.05) is 37.8 Å². The summed E-state index contributed by atoms with van der Waals surface area (Å²) in [5, 5.41) is 4.96. The zero-order valence-electron chi connectivity index (χ0n) is 18.9. The monoisotopic (exact) mass is 483 g/mol. The van der Waals surface area contributed by atoms with Crippen LogP contribution in [-0.4, -0.2) is 65.4 Å². The van der Waals surface area contributed by atoms with Crippen molar-refractivity contribution in [3.05, 3.63) is 58.6 Å². The van der Waals surface area contributed by atoms with Gasteiger partial charge in [-0.2, -0.15) is 0 Å². The molecular weight excluding hydrogens is 458 g/mol. The van der Waals surface area contributed by atoms with E-state index >= 15 is 0 Å². The lowest BCUT2D eigenvalue weighted by Gasteiger charge is -2.35. The van der Waals surface area contributed by atoms with Crippen LogP contribution in [0.5, 0.6) is 0 Å². The number of hydrogen-bond acceptors (Lipinski definition) is 9. The molecule has 2 amide bonds. The smallest absolute Gasteiger partial charge is 0.339 e.